The first-order valence-corrected chi connectivity index (χ1v) is 13.0. The van der Waals surface area contributed by atoms with Crippen LogP contribution < -0.4 is 21.5 Å². The average Bonchev–Trinajstić information content (AvgIpc) is 3.19. The van der Waals surface area contributed by atoms with Gasteiger partial charge in [0.2, 0.25) is 5.91 Å². The van der Waals surface area contributed by atoms with Crippen molar-refractivity contribution in [2.45, 2.75) is 52.0 Å². The first kappa shape index (κ1) is 27.1. The highest BCUT2D eigenvalue weighted by atomic mass is 16.5. The van der Waals surface area contributed by atoms with Gasteiger partial charge in [-0.15, -0.1) is 0 Å². The predicted octanol–water partition coefficient (Wildman–Crippen LogP) is 2.25. The molecule has 1 aromatic carbocycles. The molecule has 4 rings (SSSR count). The van der Waals surface area contributed by atoms with Gasteiger partial charge in [0.25, 0.3) is 0 Å². The van der Waals surface area contributed by atoms with E-state index in [1.165, 1.54) is 0 Å². The number of aryl methyl sites for hydroxylation is 1. The van der Waals surface area contributed by atoms with Crippen LogP contribution in [0.25, 0.3) is 11.2 Å². The topological polar surface area (TPSA) is 168 Å². The molecule has 1 saturated heterocycles. The van der Waals surface area contributed by atoms with Crippen molar-refractivity contribution in [1.29, 1.82) is 0 Å². The number of hydrogen-bond donors (Lipinski definition) is 4. The molecule has 3 heterocycles. The summed E-state index contributed by atoms with van der Waals surface area (Å²) in [5.41, 5.74) is 7.88. The van der Waals surface area contributed by atoms with Crippen LogP contribution in [0.4, 0.5) is 11.5 Å². The number of aliphatic carboxylic acids is 1. The van der Waals surface area contributed by atoms with Crippen LogP contribution >= 0.6 is 0 Å². The maximum atomic E-state index is 12.6. The van der Waals surface area contributed by atoms with Crippen molar-refractivity contribution < 1.29 is 19.4 Å². The SMILES string of the molecule is CCCCOc1nc(N)c2[nH]c(=O)n(CCC3CCN(CC(=O)Nc4cccc(CC(=O)O)c4)CC3)c2n1. The van der Waals surface area contributed by atoms with Gasteiger partial charge in [-0.3, -0.25) is 19.1 Å². The molecular formula is C26H35N7O5. The number of carbonyl (C=O) groups excluding carboxylic acids is 1. The van der Waals surface area contributed by atoms with Crippen LogP contribution in [0.15, 0.2) is 29.1 Å². The highest BCUT2D eigenvalue weighted by molar-refractivity contribution is 5.92. The Bertz CT molecular complexity index is 1330. The van der Waals surface area contributed by atoms with Crippen molar-refractivity contribution in [2.24, 2.45) is 5.92 Å². The molecule has 1 amide bonds. The first-order chi connectivity index (χ1) is 18.3. The number of aromatic amines is 1. The number of rotatable bonds is 12. The fraction of sp³-hybridized carbons (Fsp3) is 0.500. The minimum absolute atomic E-state index is 0.0872. The monoisotopic (exact) mass is 525 g/mol. The second-order valence-corrected chi connectivity index (χ2v) is 9.70. The Morgan fingerprint density at radius 2 is 2.05 bits per heavy atom. The number of likely N-dealkylation sites (tertiary alicyclic amines) is 1. The number of hydrogen-bond acceptors (Lipinski definition) is 8. The van der Waals surface area contributed by atoms with Crippen molar-refractivity contribution in [1.82, 2.24) is 24.4 Å². The molecule has 12 heteroatoms. The lowest BCUT2D eigenvalue weighted by molar-refractivity contribution is -0.136. The van der Waals surface area contributed by atoms with Crippen molar-refractivity contribution in [2.75, 3.05) is 37.3 Å². The Labute approximate surface area is 220 Å². The van der Waals surface area contributed by atoms with E-state index in [0.717, 1.165) is 45.2 Å². The second-order valence-electron chi connectivity index (χ2n) is 9.70. The van der Waals surface area contributed by atoms with Gasteiger partial charge in [-0.25, -0.2) is 4.79 Å². The molecule has 0 atom stereocenters. The molecule has 3 aromatic rings. The average molecular weight is 526 g/mol. The molecule has 5 N–H and O–H groups in total. The smallest absolute Gasteiger partial charge is 0.327 e. The number of nitrogens with zero attached hydrogens (tertiary/aromatic N) is 4. The second kappa shape index (κ2) is 12.5. The maximum Gasteiger partial charge on any atom is 0.327 e. The largest absolute Gasteiger partial charge is 0.481 e. The number of nitrogen functional groups attached to an aromatic ring is 1. The number of nitrogens with two attached hydrogens (primary N) is 1. The summed E-state index contributed by atoms with van der Waals surface area (Å²) in [5.74, 6) is -0.434. The third-order valence-corrected chi connectivity index (χ3v) is 6.76. The van der Waals surface area contributed by atoms with E-state index in [2.05, 4.69) is 32.1 Å². The van der Waals surface area contributed by atoms with Crippen LogP contribution in [-0.2, 0) is 22.6 Å². The summed E-state index contributed by atoms with van der Waals surface area (Å²) in [6.45, 7) is 4.89. The lowest BCUT2D eigenvalue weighted by Crippen LogP contribution is -2.39. The van der Waals surface area contributed by atoms with Gasteiger partial charge in [0.05, 0.1) is 19.6 Å². The van der Waals surface area contributed by atoms with Crippen LogP contribution in [0.2, 0.25) is 0 Å². The normalized spacial score (nSPS) is 14.6. The molecular weight excluding hydrogens is 490 g/mol. The van der Waals surface area contributed by atoms with Crippen LogP contribution in [0.1, 0.15) is 44.6 Å². The Balaban J connectivity index is 1.27. The maximum absolute atomic E-state index is 12.6. The van der Waals surface area contributed by atoms with Gasteiger partial charge in [0.1, 0.15) is 5.52 Å². The third-order valence-electron chi connectivity index (χ3n) is 6.76. The molecule has 204 valence electrons. The number of amides is 1. The molecule has 0 unspecified atom stereocenters. The van der Waals surface area contributed by atoms with Gasteiger partial charge in [-0.05, 0) is 62.4 Å². The minimum Gasteiger partial charge on any atom is -0.481 e. The molecule has 0 saturated carbocycles. The van der Waals surface area contributed by atoms with E-state index >= 15 is 0 Å². The molecule has 1 aliphatic rings. The van der Waals surface area contributed by atoms with Crippen LogP contribution in [0, 0.1) is 5.92 Å². The fourth-order valence-corrected chi connectivity index (χ4v) is 4.69. The van der Waals surface area contributed by atoms with E-state index in [1.54, 1.807) is 28.8 Å². The standard InChI is InChI=1S/C26H35N7O5/c1-2-3-13-38-25-30-23(27)22-24(31-25)33(26(37)29-22)12-9-17-7-10-32(11-8-17)16-20(34)28-19-6-4-5-18(14-19)15-21(35)36/h4-6,14,17H,2-3,7-13,15-16H2,1H3,(H,28,34)(H,29,37)(H,35,36)(H2,27,30,31). The molecule has 1 aliphatic heterocycles. The van der Waals surface area contributed by atoms with E-state index in [0.29, 0.717) is 41.5 Å². The van der Waals surface area contributed by atoms with Crippen LogP contribution in [-0.4, -0.2) is 67.6 Å². The summed E-state index contributed by atoms with van der Waals surface area (Å²) >= 11 is 0. The molecule has 2 aromatic heterocycles. The molecule has 0 spiro atoms. The Morgan fingerprint density at radius 1 is 1.26 bits per heavy atom. The number of aromatic nitrogens is 4. The van der Waals surface area contributed by atoms with E-state index in [9.17, 15) is 14.4 Å². The van der Waals surface area contributed by atoms with Crippen molar-refractivity contribution in [3.05, 3.63) is 40.3 Å². The first-order valence-electron chi connectivity index (χ1n) is 13.0. The molecule has 0 radical (unpaired) electrons. The van der Waals surface area contributed by atoms with Gasteiger partial charge in [-0.2, -0.15) is 9.97 Å². The van der Waals surface area contributed by atoms with Gasteiger partial charge >= 0.3 is 17.7 Å². The number of piperidine rings is 1. The van der Waals surface area contributed by atoms with Crippen molar-refractivity contribution in [3.63, 3.8) is 0 Å². The third kappa shape index (κ3) is 7.09. The van der Waals surface area contributed by atoms with Crippen LogP contribution in [0.5, 0.6) is 6.01 Å². The Kier molecular flexibility index (Phi) is 8.95. The summed E-state index contributed by atoms with van der Waals surface area (Å²) < 4.78 is 7.20. The van der Waals surface area contributed by atoms with Gasteiger partial charge < -0.3 is 25.9 Å². The van der Waals surface area contributed by atoms with E-state index in [4.69, 9.17) is 15.6 Å². The zero-order chi connectivity index (χ0) is 27.1. The van der Waals surface area contributed by atoms with E-state index in [1.807, 2.05) is 0 Å². The Hall–Kier alpha value is -3.93. The van der Waals surface area contributed by atoms with Crippen molar-refractivity contribution >= 4 is 34.5 Å². The number of imidazole rings is 1. The number of fused-ring (bicyclic) bond motifs is 1. The number of H-pyrrole nitrogens is 1. The number of nitrogens with one attached hydrogen (secondary N) is 2. The van der Waals surface area contributed by atoms with Crippen LogP contribution in [0.3, 0.4) is 0 Å². The number of unbranched alkanes of at least 4 members (excludes halogenated alkanes) is 1. The lowest BCUT2D eigenvalue weighted by Gasteiger charge is -2.31. The van der Waals surface area contributed by atoms with Gasteiger partial charge in [-0.1, -0.05) is 25.5 Å². The zero-order valence-electron chi connectivity index (χ0n) is 21.6. The lowest BCUT2D eigenvalue weighted by atomic mass is 9.93. The summed E-state index contributed by atoms with van der Waals surface area (Å²) in [6, 6.07) is 7.07. The molecule has 1 fully saturated rings. The summed E-state index contributed by atoms with van der Waals surface area (Å²) in [4.78, 5) is 49.5. The molecule has 12 nitrogen and oxygen atoms in total. The number of carboxylic acids is 1. The Morgan fingerprint density at radius 3 is 2.79 bits per heavy atom. The highest BCUT2D eigenvalue weighted by Crippen LogP contribution is 2.23. The number of anilines is 2. The highest BCUT2D eigenvalue weighted by Gasteiger charge is 2.22. The molecule has 0 aliphatic carbocycles. The van der Waals surface area contributed by atoms with Crippen molar-refractivity contribution in [3.8, 4) is 6.01 Å². The predicted molar refractivity (Wildman–Crippen MR) is 143 cm³/mol. The number of carbonyl (C=O) groups is 2. The molecule has 0 bridgehead atoms. The quantitative estimate of drug-likeness (QED) is 0.259. The summed E-state index contributed by atoms with van der Waals surface area (Å²) in [5, 5.41) is 11.8. The zero-order valence-corrected chi connectivity index (χ0v) is 21.6. The minimum atomic E-state index is -0.913. The van der Waals surface area contributed by atoms with E-state index < -0.39 is 5.97 Å². The summed E-state index contributed by atoms with van der Waals surface area (Å²) in [7, 11) is 0. The number of carboxylic acid groups (broad SMARTS) is 1. The number of ether oxygens (including phenoxy) is 1. The summed E-state index contributed by atoms with van der Waals surface area (Å²) in [6.07, 6.45) is 4.41. The number of benzene rings is 1. The van der Waals surface area contributed by atoms with Gasteiger partial charge in [0.15, 0.2) is 11.5 Å². The fourth-order valence-electron chi connectivity index (χ4n) is 4.69. The van der Waals surface area contributed by atoms with E-state index in [-0.39, 0.29) is 36.4 Å². The van der Waals surface area contributed by atoms with Gasteiger partial charge in [0, 0.05) is 12.2 Å². The molecule has 38 heavy (non-hydrogen) atoms.